The van der Waals surface area contributed by atoms with Gasteiger partial charge in [-0.3, -0.25) is 0 Å². The van der Waals surface area contributed by atoms with Crippen LogP contribution >= 0.6 is 0 Å². The first-order valence-electron chi connectivity index (χ1n) is 5.52. The molecule has 0 saturated carbocycles. The predicted octanol–water partition coefficient (Wildman–Crippen LogP) is 1.88. The van der Waals surface area contributed by atoms with E-state index in [0.29, 0.717) is 0 Å². The Kier molecular flexibility index (Phi) is 3.74. The highest BCUT2D eigenvalue weighted by Gasteiger charge is 2.27. The van der Waals surface area contributed by atoms with Crippen LogP contribution in [0.1, 0.15) is 40.0 Å². The maximum atomic E-state index is 9.90. The van der Waals surface area contributed by atoms with E-state index in [4.69, 9.17) is 0 Å². The van der Waals surface area contributed by atoms with Gasteiger partial charge in [0, 0.05) is 13.1 Å². The molecule has 1 N–H and O–H groups in total. The molecule has 78 valence electrons. The summed E-state index contributed by atoms with van der Waals surface area (Å²) in [6, 6.07) is 0. The first-order valence-corrected chi connectivity index (χ1v) is 5.52. The normalized spacial score (nSPS) is 29.1. The molecular formula is C11H23NO. The molecule has 0 aromatic heterocycles. The molecule has 1 rings (SSSR count). The third-order valence-corrected chi connectivity index (χ3v) is 3.27. The van der Waals surface area contributed by atoms with Gasteiger partial charge in [-0.25, -0.2) is 0 Å². The summed E-state index contributed by atoms with van der Waals surface area (Å²) in [6.45, 7) is 9.45. The molecule has 0 bridgehead atoms. The van der Waals surface area contributed by atoms with Gasteiger partial charge in [-0.15, -0.1) is 0 Å². The highest BCUT2D eigenvalue weighted by atomic mass is 16.3. The first-order chi connectivity index (χ1) is 6.07. The van der Waals surface area contributed by atoms with E-state index < -0.39 is 5.60 Å². The van der Waals surface area contributed by atoms with Gasteiger partial charge in [-0.05, 0) is 32.2 Å². The second kappa shape index (κ2) is 4.43. The molecule has 2 atom stereocenters. The number of hydrogen-bond donors (Lipinski definition) is 1. The molecule has 13 heavy (non-hydrogen) atoms. The predicted molar refractivity (Wildman–Crippen MR) is 55.8 cm³/mol. The largest absolute Gasteiger partial charge is 0.389 e. The minimum atomic E-state index is -0.484. The highest BCUT2D eigenvalue weighted by molar-refractivity contribution is 4.81. The van der Waals surface area contributed by atoms with Gasteiger partial charge in [0.2, 0.25) is 0 Å². The lowest BCUT2D eigenvalue weighted by molar-refractivity contribution is 0.0221. The molecule has 2 heteroatoms. The molecule has 1 aliphatic heterocycles. The van der Waals surface area contributed by atoms with Gasteiger partial charge in [-0.2, -0.15) is 0 Å². The molecule has 2 nitrogen and oxygen atoms in total. The highest BCUT2D eigenvalue weighted by Crippen LogP contribution is 2.21. The van der Waals surface area contributed by atoms with E-state index in [1.165, 1.54) is 25.9 Å². The smallest absolute Gasteiger partial charge is 0.0743 e. The van der Waals surface area contributed by atoms with Crippen LogP contribution in [-0.2, 0) is 0 Å². The number of β-amino-alcohol motifs (C(OH)–C–C–N with tert-alkyl or cyclic N) is 1. The van der Waals surface area contributed by atoms with Crippen LogP contribution < -0.4 is 0 Å². The van der Waals surface area contributed by atoms with E-state index in [1.54, 1.807) is 0 Å². The van der Waals surface area contributed by atoms with Crippen molar-refractivity contribution in [1.82, 2.24) is 4.90 Å². The van der Waals surface area contributed by atoms with Crippen LogP contribution in [0.2, 0.25) is 0 Å². The topological polar surface area (TPSA) is 23.5 Å². The van der Waals surface area contributed by atoms with Gasteiger partial charge in [0.15, 0.2) is 0 Å². The van der Waals surface area contributed by atoms with Gasteiger partial charge in [0.25, 0.3) is 0 Å². The summed E-state index contributed by atoms with van der Waals surface area (Å²) in [5.41, 5.74) is -0.484. The molecule has 0 amide bonds. The van der Waals surface area contributed by atoms with Crippen molar-refractivity contribution in [2.24, 2.45) is 5.92 Å². The van der Waals surface area contributed by atoms with Crippen LogP contribution in [0.25, 0.3) is 0 Å². The monoisotopic (exact) mass is 185 g/mol. The zero-order chi connectivity index (χ0) is 9.90. The van der Waals surface area contributed by atoms with E-state index in [9.17, 15) is 5.11 Å². The van der Waals surface area contributed by atoms with Crippen LogP contribution in [0.4, 0.5) is 0 Å². The Bertz CT molecular complexity index is 156. The lowest BCUT2D eigenvalue weighted by Crippen LogP contribution is -2.39. The Hall–Kier alpha value is -0.0800. The molecule has 1 fully saturated rings. The lowest BCUT2D eigenvalue weighted by Gasteiger charge is -2.27. The quantitative estimate of drug-likeness (QED) is 0.723. The Morgan fingerprint density at radius 2 is 2.15 bits per heavy atom. The maximum Gasteiger partial charge on any atom is 0.0743 e. The fourth-order valence-electron chi connectivity index (χ4n) is 1.98. The second-order valence-corrected chi connectivity index (χ2v) is 4.65. The average molecular weight is 185 g/mol. The van der Waals surface area contributed by atoms with Crippen molar-refractivity contribution in [2.45, 2.75) is 45.6 Å². The van der Waals surface area contributed by atoms with Gasteiger partial charge >= 0.3 is 0 Å². The van der Waals surface area contributed by atoms with Crippen LogP contribution in [0.3, 0.4) is 0 Å². The molecule has 1 saturated heterocycles. The van der Waals surface area contributed by atoms with Crippen molar-refractivity contribution in [1.29, 1.82) is 0 Å². The van der Waals surface area contributed by atoms with Crippen LogP contribution in [0, 0.1) is 5.92 Å². The van der Waals surface area contributed by atoms with Gasteiger partial charge in [0.1, 0.15) is 0 Å². The Labute approximate surface area is 81.9 Å². The van der Waals surface area contributed by atoms with E-state index >= 15 is 0 Å². The zero-order valence-electron chi connectivity index (χ0n) is 9.21. The summed E-state index contributed by atoms with van der Waals surface area (Å²) in [6.07, 6.45) is 3.45. The first kappa shape index (κ1) is 11.0. The van der Waals surface area contributed by atoms with Gasteiger partial charge in [-0.1, -0.05) is 20.3 Å². The van der Waals surface area contributed by atoms with E-state index in [-0.39, 0.29) is 0 Å². The molecule has 0 spiro atoms. The fourth-order valence-corrected chi connectivity index (χ4v) is 1.98. The van der Waals surface area contributed by atoms with Gasteiger partial charge < -0.3 is 10.0 Å². The molecule has 1 heterocycles. The zero-order valence-corrected chi connectivity index (χ0v) is 9.21. The SMILES string of the molecule is CCC1CCN(CC(C)(O)CC)C1. The van der Waals surface area contributed by atoms with Crippen LogP contribution in [0.15, 0.2) is 0 Å². The summed E-state index contributed by atoms with van der Waals surface area (Å²) < 4.78 is 0. The fraction of sp³-hybridized carbons (Fsp3) is 1.00. The molecular weight excluding hydrogens is 162 g/mol. The van der Waals surface area contributed by atoms with E-state index in [1.807, 2.05) is 13.8 Å². The van der Waals surface area contributed by atoms with Gasteiger partial charge in [0.05, 0.1) is 5.60 Å². The molecule has 0 radical (unpaired) electrons. The Morgan fingerprint density at radius 3 is 2.62 bits per heavy atom. The van der Waals surface area contributed by atoms with Crippen LogP contribution in [-0.4, -0.2) is 35.2 Å². The molecule has 0 aromatic carbocycles. The summed E-state index contributed by atoms with van der Waals surface area (Å²) in [5.74, 6) is 0.868. The van der Waals surface area contributed by atoms with Crippen molar-refractivity contribution in [3.8, 4) is 0 Å². The maximum absolute atomic E-state index is 9.90. The minimum absolute atomic E-state index is 0.484. The second-order valence-electron chi connectivity index (χ2n) is 4.65. The van der Waals surface area contributed by atoms with Crippen molar-refractivity contribution in [3.05, 3.63) is 0 Å². The molecule has 2 unspecified atom stereocenters. The minimum Gasteiger partial charge on any atom is -0.389 e. The number of hydrogen-bond acceptors (Lipinski definition) is 2. The molecule has 0 aliphatic carbocycles. The molecule has 0 aromatic rings. The van der Waals surface area contributed by atoms with Crippen molar-refractivity contribution in [2.75, 3.05) is 19.6 Å². The van der Waals surface area contributed by atoms with E-state index in [2.05, 4.69) is 11.8 Å². The Morgan fingerprint density at radius 1 is 1.46 bits per heavy atom. The summed E-state index contributed by atoms with van der Waals surface area (Å²) in [7, 11) is 0. The summed E-state index contributed by atoms with van der Waals surface area (Å²) in [5, 5.41) is 9.90. The number of aliphatic hydroxyl groups is 1. The Balaban J connectivity index is 2.31. The summed E-state index contributed by atoms with van der Waals surface area (Å²) in [4.78, 5) is 2.40. The van der Waals surface area contributed by atoms with Crippen molar-refractivity contribution < 1.29 is 5.11 Å². The number of likely N-dealkylation sites (tertiary alicyclic amines) is 1. The van der Waals surface area contributed by atoms with Crippen LogP contribution in [0.5, 0.6) is 0 Å². The van der Waals surface area contributed by atoms with Crippen molar-refractivity contribution >= 4 is 0 Å². The third kappa shape index (κ3) is 3.28. The van der Waals surface area contributed by atoms with E-state index in [0.717, 1.165) is 18.9 Å². The standard InChI is InChI=1S/C11H23NO/c1-4-10-6-7-12(8-10)9-11(3,13)5-2/h10,13H,4-9H2,1-3H3. The lowest BCUT2D eigenvalue weighted by atomic mass is 10.0. The number of rotatable bonds is 4. The van der Waals surface area contributed by atoms with Crippen molar-refractivity contribution in [3.63, 3.8) is 0 Å². The molecule has 1 aliphatic rings. The average Bonchev–Trinajstić information content (AvgIpc) is 2.52. The third-order valence-electron chi connectivity index (χ3n) is 3.27. The number of nitrogens with zero attached hydrogens (tertiary/aromatic N) is 1. The summed E-state index contributed by atoms with van der Waals surface area (Å²) >= 11 is 0.